The van der Waals surface area contributed by atoms with Gasteiger partial charge in [-0.05, 0) is 30.7 Å². The molecule has 0 atom stereocenters. The SMILES string of the molecule is Cc1ccc(CS(=O)(=O)c2ccc(F)c(F)c2)cc1. The molecule has 2 rings (SSSR count). The van der Waals surface area contributed by atoms with Gasteiger partial charge in [0.2, 0.25) is 0 Å². The van der Waals surface area contributed by atoms with E-state index in [1.807, 2.05) is 6.92 Å². The molecule has 19 heavy (non-hydrogen) atoms. The highest BCUT2D eigenvalue weighted by atomic mass is 32.2. The van der Waals surface area contributed by atoms with Crippen molar-refractivity contribution in [3.8, 4) is 0 Å². The van der Waals surface area contributed by atoms with E-state index in [4.69, 9.17) is 0 Å². The predicted octanol–water partition coefficient (Wildman–Crippen LogP) is 3.25. The van der Waals surface area contributed by atoms with Gasteiger partial charge in [-0.2, -0.15) is 0 Å². The maximum Gasteiger partial charge on any atom is 0.182 e. The largest absolute Gasteiger partial charge is 0.223 e. The Morgan fingerprint density at radius 3 is 2.16 bits per heavy atom. The fraction of sp³-hybridized carbons (Fsp3) is 0.143. The number of halogens is 2. The van der Waals surface area contributed by atoms with Crippen molar-refractivity contribution in [1.29, 1.82) is 0 Å². The summed E-state index contributed by atoms with van der Waals surface area (Å²) < 4.78 is 50.0. The van der Waals surface area contributed by atoms with E-state index in [1.165, 1.54) is 0 Å². The van der Waals surface area contributed by atoms with Crippen LogP contribution in [-0.4, -0.2) is 8.42 Å². The van der Waals surface area contributed by atoms with Crippen LogP contribution in [0.4, 0.5) is 8.78 Å². The molecule has 0 amide bonds. The van der Waals surface area contributed by atoms with Crippen LogP contribution in [0.15, 0.2) is 47.4 Å². The minimum Gasteiger partial charge on any atom is -0.223 e. The van der Waals surface area contributed by atoms with E-state index in [9.17, 15) is 17.2 Å². The van der Waals surface area contributed by atoms with Crippen LogP contribution in [0.1, 0.15) is 11.1 Å². The Morgan fingerprint density at radius 1 is 0.947 bits per heavy atom. The van der Waals surface area contributed by atoms with E-state index in [0.29, 0.717) is 11.6 Å². The number of sulfone groups is 1. The first-order chi connectivity index (χ1) is 8.88. The molecule has 0 aliphatic rings. The van der Waals surface area contributed by atoms with Gasteiger partial charge in [0.15, 0.2) is 21.5 Å². The minimum absolute atomic E-state index is 0.216. The smallest absolute Gasteiger partial charge is 0.182 e. The number of aryl methyl sites for hydroxylation is 1. The third-order valence-electron chi connectivity index (χ3n) is 2.73. The zero-order valence-electron chi connectivity index (χ0n) is 10.2. The number of hydrogen-bond donors (Lipinski definition) is 0. The van der Waals surface area contributed by atoms with Crippen LogP contribution in [0.2, 0.25) is 0 Å². The molecule has 0 aromatic heterocycles. The fourth-order valence-corrected chi connectivity index (χ4v) is 3.01. The van der Waals surface area contributed by atoms with Crippen molar-refractivity contribution in [3.63, 3.8) is 0 Å². The number of benzene rings is 2. The zero-order valence-corrected chi connectivity index (χ0v) is 11.0. The molecular weight excluding hydrogens is 270 g/mol. The average molecular weight is 282 g/mol. The molecule has 0 aliphatic heterocycles. The molecule has 0 bridgehead atoms. The molecular formula is C14H12F2O2S. The van der Waals surface area contributed by atoms with Gasteiger partial charge in [-0.15, -0.1) is 0 Å². The Kier molecular flexibility index (Phi) is 3.66. The lowest BCUT2D eigenvalue weighted by atomic mass is 10.2. The molecule has 0 saturated carbocycles. The van der Waals surface area contributed by atoms with Gasteiger partial charge < -0.3 is 0 Å². The summed E-state index contributed by atoms with van der Waals surface area (Å²) in [6, 6.07) is 9.60. The second kappa shape index (κ2) is 5.09. The Labute approximate surface area is 110 Å². The number of rotatable bonds is 3. The molecule has 0 spiro atoms. The van der Waals surface area contributed by atoms with Crippen LogP contribution in [0.25, 0.3) is 0 Å². The standard InChI is InChI=1S/C14H12F2O2S/c1-10-2-4-11(5-3-10)9-19(17,18)12-6-7-13(15)14(16)8-12/h2-8H,9H2,1H3. The van der Waals surface area contributed by atoms with Crippen LogP contribution < -0.4 is 0 Å². The molecule has 2 nitrogen and oxygen atoms in total. The Hall–Kier alpha value is -1.75. The van der Waals surface area contributed by atoms with Crippen molar-refractivity contribution in [2.75, 3.05) is 0 Å². The van der Waals surface area contributed by atoms with Crippen molar-refractivity contribution < 1.29 is 17.2 Å². The van der Waals surface area contributed by atoms with Gasteiger partial charge in [-0.25, -0.2) is 17.2 Å². The topological polar surface area (TPSA) is 34.1 Å². The van der Waals surface area contributed by atoms with Gasteiger partial charge in [-0.3, -0.25) is 0 Å². The Morgan fingerprint density at radius 2 is 1.58 bits per heavy atom. The lowest BCUT2D eigenvalue weighted by Crippen LogP contribution is -2.06. The van der Waals surface area contributed by atoms with E-state index in [2.05, 4.69) is 0 Å². The van der Waals surface area contributed by atoms with Crippen molar-refractivity contribution in [1.82, 2.24) is 0 Å². The molecule has 0 N–H and O–H groups in total. The first-order valence-corrected chi connectivity index (χ1v) is 7.27. The molecule has 100 valence electrons. The summed E-state index contributed by atoms with van der Waals surface area (Å²) in [7, 11) is -3.67. The minimum atomic E-state index is -3.67. The summed E-state index contributed by atoms with van der Waals surface area (Å²) in [5.74, 6) is -2.46. The van der Waals surface area contributed by atoms with E-state index in [-0.39, 0.29) is 10.6 Å². The van der Waals surface area contributed by atoms with E-state index >= 15 is 0 Å². The van der Waals surface area contributed by atoms with Crippen LogP contribution in [0.5, 0.6) is 0 Å². The fourth-order valence-electron chi connectivity index (χ4n) is 1.66. The summed E-state index contributed by atoms with van der Waals surface area (Å²) in [4.78, 5) is -0.216. The van der Waals surface area contributed by atoms with Gasteiger partial charge in [0, 0.05) is 0 Å². The molecule has 0 saturated heterocycles. The maximum absolute atomic E-state index is 13.1. The van der Waals surface area contributed by atoms with Crippen molar-refractivity contribution in [2.45, 2.75) is 17.6 Å². The average Bonchev–Trinajstić information content (AvgIpc) is 2.35. The quantitative estimate of drug-likeness (QED) is 0.810. The van der Waals surface area contributed by atoms with Gasteiger partial charge in [0.1, 0.15) is 0 Å². The Bertz CT molecular complexity index is 692. The lowest BCUT2D eigenvalue weighted by molar-refractivity contribution is 0.504. The molecule has 0 heterocycles. The summed E-state index contributed by atoms with van der Waals surface area (Å²) in [6.45, 7) is 1.90. The van der Waals surface area contributed by atoms with Gasteiger partial charge in [-0.1, -0.05) is 29.8 Å². The molecule has 2 aromatic rings. The summed E-state index contributed by atoms with van der Waals surface area (Å²) in [5.41, 5.74) is 1.63. The highest BCUT2D eigenvalue weighted by Gasteiger charge is 2.17. The zero-order chi connectivity index (χ0) is 14.0. The molecule has 0 fully saturated rings. The molecule has 0 radical (unpaired) electrons. The second-order valence-corrected chi connectivity index (χ2v) is 6.31. The van der Waals surface area contributed by atoms with Crippen molar-refractivity contribution in [2.24, 2.45) is 0 Å². The normalized spacial score (nSPS) is 11.5. The second-order valence-electron chi connectivity index (χ2n) is 4.32. The van der Waals surface area contributed by atoms with Crippen molar-refractivity contribution in [3.05, 3.63) is 65.2 Å². The van der Waals surface area contributed by atoms with E-state index < -0.39 is 21.5 Å². The number of hydrogen-bond acceptors (Lipinski definition) is 2. The first-order valence-electron chi connectivity index (χ1n) is 5.62. The molecule has 0 unspecified atom stereocenters. The van der Waals surface area contributed by atoms with Crippen LogP contribution >= 0.6 is 0 Å². The van der Waals surface area contributed by atoms with Gasteiger partial charge in [0.25, 0.3) is 0 Å². The highest BCUT2D eigenvalue weighted by Crippen LogP contribution is 2.19. The van der Waals surface area contributed by atoms with Gasteiger partial charge >= 0.3 is 0 Å². The van der Waals surface area contributed by atoms with Crippen LogP contribution in [0, 0.1) is 18.6 Å². The summed E-state index contributed by atoms with van der Waals surface area (Å²) in [6.07, 6.45) is 0. The maximum atomic E-state index is 13.1. The molecule has 2 aromatic carbocycles. The summed E-state index contributed by atoms with van der Waals surface area (Å²) in [5, 5.41) is 0. The summed E-state index contributed by atoms with van der Waals surface area (Å²) >= 11 is 0. The van der Waals surface area contributed by atoms with Gasteiger partial charge in [0.05, 0.1) is 10.6 Å². The highest BCUT2D eigenvalue weighted by molar-refractivity contribution is 7.90. The van der Waals surface area contributed by atoms with E-state index in [0.717, 1.165) is 17.7 Å². The Balaban J connectivity index is 2.32. The predicted molar refractivity (Wildman–Crippen MR) is 68.4 cm³/mol. The monoisotopic (exact) mass is 282 g/mol. The first kappa shape index (κ1) is 13.7. The van der Waals surface area contributed by atoms with Crippen LogP contribution in [0.3, 0.4) is 0 Å². The lowest BCUT2D eigenvalue weighted by Gasteiger charge is -2.05. The molecule has 5 heteroatoms. The van der Waals surface area contributed by atoms with Crippen molar-refractivity contribution >= 4 is 9.84 Å². The molecule has 0 aliphatic carbocycles. The van der Waals surface area contributed by atoms with Crippen LogP contribution in [-0.2, 0) is 15.6 Å². The third-order valence-corrected chi connectivity index (χ3v) is 4.41. The van der Waals surface area contributed by atoms with E-state index in [1.54, 1.807) is 24.3 Å². The third kappa shape index (κ3) is 3.17.